The van der Waals surface area contributed by atoms with Crippen LogP contribution in [0, 0.1) is 13.8 Å². The average Bonchev–Trinajstić information content (AvgIpc) is 2.94. The summed E-state index contributed by atoms with van der Waals surface area (Å²) in [5.41, 5.74) is 4.62. The number of hydrogen-bond donors (Lipinski definition) is 1. The summed E-state index contributed by atoms with van der Waals surface area (Å²) in [5, 5.41) is 9.21. The number of nitrogens with zero attached hydrogens (tertiary/aromatic N) is 3. The van der Waals surface area contributed by atoms with Crippen LogP contribution in [0.2, 0.25) is 5.02 Å². The number of likely N-dealkylation sites (tertiary alicyclic amines) is 1. The molecule has 1 aliphatic rings. The molecule has 1 saturated heterocycles. The number of methoxy groups -OCH3 is 1. The van der Waals surface area contributed by atoms with E-state index in [0.29, 0.717) is 6.04 Å². The molecule has 142 valence electrons. The Kier molecular flexibility index (Phi) is 6.70. The van der Waals surface area contributed by atoms with Crippen LogP contribution in [-0.4, -0.2) is 54.1 Å². The smallest absolute Gasteiger partial charge is 0.0649 e. The summed E-state index contributed by atoms with van der Waals surface area (Å²) in [6.07, 6.45) is 2.38. The Morgan fingerprint density at radius 2 is 1.88 bits per heavy atom. The number of hydrogen-bond acceptors (Lipinski definition) is 4. The Balaban J connectivity index is 1.58. The maximum atomic E-state index is 6.00. The van der Waals surface area contributed by atoms with E-state index in [-0.39, 0.29) is 0 Å². The molecule has 5 nitrogen and oxygen atoms in total. The zero-order chi connectivity index (χ0) is 18.5. The number of nitrogens with one attached hydrogen (secondary N) is 1. The highest BCUT2D eigenvalue weighted by Gasteiger charge is 2.20. The van der Waals surface area contributed by atoms with Crippen LogP contribution in [0.4, 0.5) is 0 Å². The van der Waals surface area contributed by atoms with E-state index in [1.165, 1.54) is 24.1 Å². The number of aromatic nitrogens is 2. The highest BCUT2D eigenvalue weighted by molar-refractivity contribution is 6.30. The van der Waals surface area contributed by atoms with Gasteiger partial charge in [-0.3, -0.25) is 0 Å². The number of ether oxygens (including phenoxy) is 1. The maximum Gasteiger partial charge on any atom is 0.0649 e. The minimum absolute atomic E-state index is 0.575. The van der Waals surface area contributed by atoms with Gasteiger partial charge < -0.3 is 15.0 Å². The van der Waals surface area contributed by atoms with Crippen molar-refractivity contribution < 1.29 is 4.74 Å². The number of rotatable bonds is 7. The molecule has 0 atom stereocenters. The lowest BCUT2D eigenvalue weighted by Gasteiger charge is -2.32. The van der Waals surface area contributed by atoms with Crippen molar-refractivity contribution in [2.24, 2.45) is 0 Å². The number of benzene rings is 1. The molecule has 1 N–H and O–H groups in total. The first-order valence-corrected chi connectivity index (χ1v) is 9.72. The summed E-state index contributed by atoms with van der Waals surface area (Å²) < 4.78 is 7.18. The second-order valence-corrected chi connectivity index (χ2v) is 7.46. The number of aryl methyl sites for hydroxylation is 1. The number of piperidine rings is 1. The SMILES string of the molecule is COCCN1CCC(NCc2c(C)nn(-c3ccc(Cl)cc3)c2C)CC1. The third kappa shape index (κ3) is 4.65. The first kappa shape index (κ1) is 19.4. The lowest BCUT2D eigenvalue weighted by atomic mass is 10.0. The van der Waals surface area contributed by atoms with Crippen LogP contribution in [0.25, 0.3) is 5.69 Å². The molecule has 0 aliphatic carbocycles. The molecule has 2 aromatic rings. The Labute approximate surface area is 161 Å². The fourth-order valence-corrected chi connectivity index (χ4v) is 3.72. The van der Waals surface area contributed by atoms with E-state index < -0.39 is 0 Å². The van der Waals surface area contributed by atoms with E-state index in [0.717, 1.165) is 49.2 Å². The molecular formula is C20H29ClN4O. The summed E-state index contributed by atoms with van der Waals surface area (Å²) >= 11 is 6.00. The lowest BCUT2D eigenvalue weighted by Crippen LogP contribution is -2.43. The largest absolute Gasteiger partial charge is 0.383 e. The molecule has 6 heteroatoms. The Morgan fingerprint density at radius 3 is 2.54 bits per heavy atom. The van der Waals surface area contributed by atoms with Crippen LogP contribution >= 0.6 is 11.6 Å². The molecule has 2 heterocycles. The minimum Gasteiger partial charge on any atom is -0.383 e. The van der Waals surface area contributed by atoms with Gasteiger partial charge in [0.15, 0.2) is 0 Å². The van der Waals surface area contributed by atoms with E-state index >= 15 is 0 Å². The topological polar surface area (TPSA) is 42.3 Å². The van der Waals surface area contributed by atoms with Crippen molar-refractivity contribution in [1.29, 1.82) is 0 Å². The van der Waals surface area contributed by atoms with Crippen molar-refractivity contribution in [1.82, 2.24) is 20.0 Å². The normalized spacial score (nSPS) is 16.3. The van der Waals surface area contributed by atoms with E-state index in [2.05, 4.69) is 24.1 Å². The molecular weight excluding hydrogens is 348 g/mol. The van der Waals surface area contributed by atoms with Gasteiger partial charge in [0.2, 0.25) is 0 Å². The van der Waals surface area contributed by atoms with Crippen molar-refractivity contribution in [3.05, 3.63) is 46.2 Å². The van der Waals surface area contributed by atoms with E-state index in [1.807, 2.05) is 28.9 Å². The minimum atomic E-state index is 0.575. The van der Waals surface area contributed by atoms with E-state index in [1.54, 1.807) is 7.11 Å². The summed E-state index contributed by atoms with van der Waals surface area (Å²) in [4.78, 5) is 2.48. The summed E-state index contributed by atoms with van der Waals surface area (Å²) in [5.74, 6) is 0. The quantitative estimate of drug-likeness (QED) is 0.804. The summed E-state index contributed by atoms with van der Waals surface area (Å²) in [6.45, 7) is 9.23. The van der Waals surface area contributed by atoms with Crippen LogP contribution in [0.1, 0.15) is 29.8 Å². The molecule has 0 saturated carbocycles. The molecule has 26 heavy (non-hydrogen) atoms. The van der Waals surface area contributed by atoms with Crippen LogP contribution < -0.4 is 5.32 Å². The van der Waals surface area contributed by atoms with Gasteiger partial charge in [-0.2, -0.15) is 5.10 Å². The van der Waals surface area contributed by atoms with Crippen molar-refractivity contribution >= 4 is 11.6 Å². The molecule has 1 aromatic heterocycles. The zero-order valence-electron chi connectivity index (χ0n) is 16.0. The van der Waals surface area contributed by atoms with Gasteiger partial charge in [0, 0.05) is 42.5 Å². The highest BCUT2D eigenvalue weighted by atomic mass is 35.5. The van der Waals surface area contributed by atoms with E-state index in [4.69, 9.17) is 21.4 Å². The molecule has 0 amide bonds. The van der Waals surface area contributed by atoms with Crippen LogP contribution in [0.5, 0.6) is 0 Å². The van der Waals surface area contributed by atoms with E-state index in [9.17, 15) is 0 Å². The van der Waals surface area contributed by atoms with Crippen LogP contribution in [0.3, 0.4) is 0 Å². The predicted octanol–water partition coefficient (Wildman–Crippen LogP) is 3.34. The maximum absolute atomic E-state index is 6.00. The second kappa shape index (κ2) is 9.00. The average molecular weight is 377 g/mol. The highest BCUT2D eigenvalue weighted by Crippen LogP contribution is 2.20. The molecule has 0 bridgehead atoms. The molecule has 0 unspecified atom stereocenters. The fraction of sp³-hybridized carbons (Fsp3) is 0.550. The van der Waals surface area contributed by atoms with Crippen LogP contribution in [-0.2, 0) is 11.3 Å². The molecule has 1 fully saturated rings. The van der Waals surface area contributed by atoms with Gasteiger partial charge in [0.25, 0.3) is 0 Å². The summed E-state index contributed by atoms with van der Waals surface area (Å²) in [7, 11) is 1.77. The standard InChI is InChI=1S/C20H29ClN4O/c1-15-20(14-22-18-8-10-24(11-9-18)12-13-26-3)16(2)25(23-15)19-6-4-17(21)5-7-19/h4-7,18,22H,8-14H2,1-3H3. The molecule has 1 aliphatic heterocycles. The molecule has 0 radical (unpaired) electrons. The molecule has 3 rings (SSSR count). The Hall–Kier alpha value is -1.40. The van der Waals surface area contributed by atoms with Crippen molar-refractivity contribution in [2.75, 3.05) is 33.4 Å². The van der Waals surface area contributed by atoms with Gasteiger partial charge in [-0.25, -0.2) is 4.68 Å². The van der Waals surface area contributed by atoms with Gasteiger partial charge in [0.1, 0.15) is 0 Å². The predicted molar refractivity (Wildman–Crippen MR) is 106 cm³/mol. The van der Waals surface area contributed by atoms with Crippen molar-refractivity contribution in [3.63, 3.8) is 0 Å². The van der Waals surface area contributed by atoms with Gasteiger partial charge in [-0.15, -0.1) is 0 Å². The fourth-order valence-electron chi connectivity index (χ4n) is 3.59. The van der Waals surface area contributed by atoms with Gasteiger partial charge in [0.05, 0.1) is 18.0 Å². The zero-order valence-corrected chi connectivity index (χ0v) is 16.7. The number of halogens is 1. The van der Waals surface area contributed by atoms with Gasteiger partial charge in [-0.1, -0.05) is 11.6 Å². The Morgan fingerprint density at radius 1 is 1.19 bits per heavy atom. The van der Waals surface area contributed by atoms with Crippen molar-refractivity contribution in [2.45, 2.75) is 39.3 Å². The van der Waals surface area contributed by atoms with Gasteiger partial charge in [-0.05, 0) is 64.0 Å². The first-order chi connectivity index (χ1) is 12.6. The summed E-state index contributed by atoms with van der Waals surface area (Å²) in [6, 6.07) is 8.40. The van der Waals surface area contributed by atoms with Crippen LogP contribution in [0.15, 0.2) is 24.3 Å². The first-order valence-electron chi connectivity index (χ1n) is 9.34. The third-order valence-electron chi connectivity index (χ3n) is 5.28. The molecule has 0 spiro atoms. The van der Waals surface area contributed by atoms with Crippen molar-refractivity contribution in [3.8, 4) is 5.69 Å². The monoisotopic (exact) mass is 376 g/mol. The Bertz CT molecular complexity index is 705. The third-order valence-corrected chi connectivity index (χ3v) is 5.53. The second-order valence-electron chi connectivity index (χ2n) is 7.03. The van der Waals surface area contributed by atoms with Gasteiger partial charge >= 0.3 is 0 Å². The lowest BCUT2D eigenvalue weighted by molar-refractivity contribution is 0.126. The molecule has 1 aromatic carbocycles.